The van der Waals surface area contributed by atoms with Crippen LogP contribution < -0.4 is 0 Å². The van der Waals surface area contributed by atoms with Crippen LogP contribution in [-0.2, 0) is 18.9 Å². The minimum atomic E-state index is 0.397. The Kier molecular flexibility index (Phi) is 5.53. The minimum absolute atomic E-state index is 0.397. The minimum Gasteiger partial charge on any atom is -0.381 e. The summed E-state index contributed by atoms with van der Waals surface area (Å²) in [6, 6.07) is 0. The molecule has 4 nitrogen and oxygen atoms in total. The number of hydrogen-bond donors (Lipinski definition) is 0. The van der Waals surface area contributed by atoms with Crippen LogP contribution in [0.4, 0.5) is 0 Å². The fourth-order valence-corrected chi connectivity index (χ4v) is 9.14. The third-order valence-electron chi connectivity index (χ3n) is 7.19. The molecule has 5 rings (SSSR count). The van der Waals surface area contributed by atoms with Gasteiger partial charge < -0.3 is 18.9 Å². The molecule has 5 fully saturated rings. The maximum absolute atomic E-state index is 6.66. The molecular weight excluding hydrogens is 368 g/mol. The number of ether oxygens (including phenoxy) is 4. The normalized spacial score (nSPS) is 53.8. The maximum Gasteiger partial charge on any atom is 0.0722 e. The smallest absolute Gasteiger partial charge is 0.0722 e. The topological polar surface area (TPSA) is 36.9 Å². The van der Waals surface area contributed by atoms with E-state index in [1.54, 1.807) is 0 Å². The molecule has 0 radical (unpaired) electrons. The zero-order valence-corrected chi connectivity index (χ0v) is 17.5. The van der Waals surface area contributed by atoms with E-state index in [9.17, 15) is 0 Å². The molecule has 5 aliphatic rings. The van der Waals surface area contributed by atoms with Gasteiger partial charge in [-0.25, -0.2) is 0 Å². The van der Waals surface area contributed by atoms with Crippen LogP contribution in [0.1, 0.15) is 51.4 Å². The van der Waals surface area contributed by atoms with Crippen molar-refractivity contribution in [2.24, 2.45) is 0 Å². The fourth-order valence-electron chi connectivity index (χ4n) is 5.69. The van der Waals surface area contributed by atoms with Gasteiger partial charge in [0.25, 0.3) is 0 Å². The van der Waals surface area contributed by atoms with Crippen LogP contribution in [0, 0.1) is 0 Å². The van der Waals surface area contributed by atoms with Crippen molar-refractivity contribution in [1.82, 2.24) is 0 Å². The van der Waals surface area contributed by atoms with Gasteiger partial charge in [-0.2, -0.15) is 0 Å². The molecule has 0 bridgehead atoms. The third-order valence-corrected chi connectivity index (χ3v) is 10.7. The Hall–Kier alpha value is 0.540. The van der Waals surface area contributed by atoms with Crippen molar-refractivity contribution in [2.75, 3.05) is 14.2 Å². The molecule has 0 spiro atoms. The first kappa shape index (κ1) is 18.6. The van der Waals surface area contributed by atoms with Crippen LogP contribution in [0.3, 0.4) is 0 Å². The zero-order chi connectivity index (χ0) is 17.7. The van der Waals surface area contributed by atoms with Gasteiger partial charge in [-0.05, 0) is 38.5 Å². The first-order chi connectivity index (χ1) is 12.7. The highest BCUT2D eigenvalue weighted by molar-refractivity contribution is 8.01. The van der Waals surface area contributed by atoms with E-state index in [0.29, 0.717) is 57.6 Å². The monoisotopic (exact) mass is 400 g/mol. The van der Waals surface area contributed by atoms with Gasteiger partial charge in [-0.3, -0.25) is 0 Å². The molecule has 0 aromatic carbocycles. The standard InChI is InChI=1S/C20H32O4S2/c1-21-11-3-5-17-13(7-11)23-15-9-20-16(10-19(15)25-17)24-14-8-12(22-2)4-6-18(14)26-20/h11-20H,3-10H2,1-2H3. The first-order valence-corrected chi connectivity index (χ1v) is 12.3. The molecule has 0 aromatic rings. The molecule has 2 heterocycles. The Morgan fingerprint density at radius 1 is 0.577 bits per heavy atom. The van der Waals surface area contributed by atoms with Crippen molar-refractivity contribution >= 4 is 23.5 Å². The van der Waals surface area contributed by atoms with Crippen LogP contribution >= 0.6 is 23.5 Å². The van der Waals surface area contributed by atoms with Crippen molar-refractivity contribution in [3.63, 3.8) is 0 Å². The summed E-state index contributed by atoms with van der Waals surface area (Å²) in [5, 5.41) is 2.57. The highest BCUT2D eigenvalue weighted by Gasteiger charge is 2.51. The Balaban J connectivity index is 1.24. The van der Waals surface area contributed by atoms with Crippen molar-refractivity contribution in [1.29, 1.82) is 0 Å². The molecule has 0 aromatic heterocycles. The lowest BCUT2D eigenvalue weighted by Crippen LogP contribution is -2.57. The summed E-state index contributed by atoms with van der Waals surface area (Å²) >= 11 is 4.42. The summed E-state index contributed by atoms with van der Waals surface area (Å²) in [6.07, 6.45) is 11.8. The largest absolute Gasteiger partial charge is 0.381 e. The molecule has 26 heavy (non-hydrogen) atoms. The molecular formula is C20H32O4S2. The van der Waals surface area contributed by atoms with Gasteiger partial charge in [0.1, 0.15) is 0 Å². The number of rotatable bonds is 2. The maximum atomic E-state index is 6.66. The van der Waals surface area contributed by atoms with Gasteiger partial charge in [0, 0.05) is 48.1 Å². The van der Waals surface area contributed by atoms with Gasteiger partial charge in [0.15, 0.2) is 0 Å². The summed E-state index contributed by atoms with van der Waals surface area (Å²) in [5.41, 5.74) is 0. The second kappa shape index (κ2) is 7.75. The van der Waals surface area contributed by atoms with Crippen molar-refractivity contribution < 1.29 is 18.9 Å². The predicted octanol–water partition coefficient (Wildman–Crippen LogP) is 3.65. The van der Waals surface area contributed by atoms with Crippen molar-refractivity contribution in [3.05, 3.63) is 0 Å². The van der Waals surface area contributed by atoms with E-state index in [-0.39, 0.29) is 0 Å². The number of methoxy groups -OCH3 is 2. The van der Waals surface area contributed by atoms with Crippen LogP contribution in [0.5, 0.6) is 0 Å². The molecule has 3 aliphatic carbocycles. The van der Waals surface area contributed by atoms with E-state index in [1.165, 1.54) is 38.5 Å². The number of thioether (sulfide) groups is 2. The van der Waals surface area contributed by atoms with Crippen LogP contribution in [-0.4, -0.2) is 71.8 Å². The number of hydrogen-bond acceptors (Lipinski definition) is 6. The number of fused-ring (bicyclic) bond motifs is 4. The third kappa shape index (κ3) is 3.48. The van der Waals surface area contributed by atoms with Gasteiger partial charge in [-0.15, -0.1) is 23.5 Å². The van der Waals surface area contributed by atoms with Gasteiger partial charge in [-0.1, -0.05) is 0 Å². The summed E-state index contributed by atoms with van der Waals surface area (Å²) in [4.78, 5) is 0. The lowest BCUT2D eigenvalue weighted by Gasteiger charge is -2.53. The molecule has 0 amide bonds. The summed E-state index contributed by atoms with van der Waals surface area (Å²) in [6.45, 7) is 0. The van der Waals surface area contributed by atoms with Crippen LogP contribution in [0.2, 0.25) is 0 Å². The van der Waals surface area contributed by atoms with Gasteiger partial charge in [0.2, 0.25) is 0 Å². The van der Waals surface area contributed by atoms with E-state index in [2.05, 4.69) is 23.5 Å². The van der Waals surface area contributed by atoms with Crippen molar-refractivity contribution in [2.45, 2.75) is 109 Å². The molecule has 2 aliphatic heterocycles. The Morgan fingerprint density at radius 3 is 1.42 bits per heavy atom. The first-order valence-electron chi connectivity index (χ1n) is 10.4. The van der Waals surface area contributed by atoms with Crippen LogP contribution in [0.15, 0.2) is 0 Å². The summed E-state index contributed by atoms with van der Waals surface area (Å²) < 4.78 is 24.5. The second-order valence-electron chi connectivity index (χ2n) is 8.66. The molecule has 10 unspecified atom stereocenters. The Morgan fingerprint density at radius 2 is 1.00 bits per heavy atom. The zero-order valence-electron chi connectivity index (χ0n) is 15.9. The highest BCUT2D eigenvalue weighted by atomic mass is 32.2. The highest BCUT2D eigenvalue weighted by Crippen LogP contribution is 2.51. The van der Waals surface area contributed by atoms with E-state index >= 15 is 0 Å². The predicted molar refractivity (Wildman–Crippen MR) is 106 cm³/mol. The molecule has 6 heteroatoms. The Labute approximate surface area is 165 Å². The molecule has 3 saturated carbocycles. The molecule has 2 saturated heterocycles. The molecule has 148 valence electrons. The average molecular weight is 401 g/mol. The summed E-state index contributed by atoms with van der Waals surface area (Å²) in [7, 11) is 3.69. The molecule has 0 N–H and O–H groups in total. The SMILES string of the molecule is COC1CCC2SC3CC4OC5CC(OC)CCC5SC4CC3OC2C1. The van der Waals surface area contributed by atoms with Crippen LogP contribution in [0.25, 0.3) is 0 Å². The van der Waals surface area contributed by atoms with E-state index in [4.69, 9.17) is 18.9 Å². The fraction of sp³-hybridized carbons (Fsp3) is 1.00. The lowest BCUT2D eigenvalue weighted by molar-refractivity contribution is -0.114. The average Bonchev–Trinajstić information content (AvgIpc) is 2.68. The van der Waals surface area contributed by atoms with Gasteiger partial charge >= 0.3 is 0 Å². The van der Waals surface area contributed by atoms with E-state index in [1.807, 2.05) is 14.2 Å². The molecule has 10 atom stereocenters. The van der Waals surface area contributed by atoms with E-state index < -0.39 is 0 Å². The second-order valence-corrected chi connectivity index (χ2v) is 11.6. The lowest BCUT2D eigenvalue weighted by atomic mass is 9.89. The van der Waals surface area contributed by atoms with Crippen molar-refractivity contribution in [3.8, 4) is 0 Å². The van der Waals surface area contributed by atoms with Gasteiger partial charge in [0.05, 0.1) is 36.6 Å². The van der Waals surface area contributed by atoms with E-state index in [0.717, 1.165) is 12.8 Å². The summed E-state index contributed by atoms with van der Waals surface area (Å²) in [5.74, 6) is 0. The Bertz CT molecular complexity index is 462. The quantitative estimate of drug-likeness (QED) is 0.704.